The van der Waals surface area contributed by atoms with Crippen molar-refractivity contribution in [3.63, 3.8) is 0 Å². The highest BCUT2D eigenvalue weighted by Crippen LogP contribution is 2.30. The van der Waals surface area contributed by atoms with Crippen molar-refractivity contribution >= 4 is 5.69 Å². The molecular weight excluding hydrogens is 372 g/mol. The maximum atomic E-state index is 14.4. The summed E-state index contributed by atoms with van der Waals surface area (Å²) in [5.41, 5.74) is -1.25. The monoisotopic (exact) mass is 385 g/mol. The molecule has 3 aromatic rings. The third-order valence-electron chi connectivity index (χ3n) is 3.91. The van der Waals surface area contributed by atoms with Gasteiger partial charge in [-0.05, 0) is 37.3 Å². The Hall–Kier alpha value is -2.97. The van der Waals surface area contributed by atoms with Gasteiger partial charge in [0.2, 0.25) is 0 Å². The lowest BCUT2D eigenvalue weighted by Crippen LogP contribution is -2.06. The molecule has 1 N–H and O–H groups in total. The van der Waals surface area contributed by atoms with Gasteiger partial charge in [0, 0.05) is 24.0 Å². The second-order valence-corrected chi connectivity index (χ2v) is 5.76. The van der Waals surface area contributed by atoms with E-state index < -0.39 is 29.3 Å². The lowest BCUT2D eigenvalue weighted by Gasteiger charge is -2.11. The molecule has 9 heteroatoms. The van der Waals surface area contributed by atoms with E-state index in [9.17, 15) is 26.3 Å². The summed E-state index contributed by atoms with van der Waals surface area (Å²) in [6.45, 7) is 1.10. The van der Waals surface area contributed by atoms with Gasteiger partial charge in [0.1, 0.15) is 23.3 Å². The highest BCUT2D eigenvalue weighted by molar-refractivity contribution is 5.50. The van der Waals surface area contributed by atoms with E-state index >= 15 is 0 Å². The first-order chi connectivity index (χ1) is 12.7. The number of aryl methyl sites for hydroxylation is 1. The molecule has 27 heavy (non-hydrogen) atoms. The van der Waals surface area contributed by atoms with Crippen LogP contribution in [0.2, 0.25) is 0 Å². The standard InChI is InChI=1S/C18H13F6N3/c1-10-26-17(18(22,23)24)9-27(10)16-6-5-11(7-15(16)21)25-8-12-13(19)3-2-4-14(12)20/h2-7,9,25H,8H2,1H3. The van der Waals surface area contributed by atoms with Gasteiger partial charge in [-0.1, -0.05) is 6.07 Å². The Balaban J connectivity index is 1.83. The van der Waals surface area contributed by atoms with Gasteiger partial charge in [0.05, 0.1) is 5.69 Å². The number of rotatable bonds is 4. The molecule has 3 rings (SSSR count). The van der Waals surface area contributed by atoms with Crippen LogP contribution in [0.3, 0.4) is 0 Å². The number of nitrogens with zero attached hydrogens (tertiary/aromatic N) is 2. The van der Waals surface area contributed by atoms with Crippen LogP contribution in [-0.2, 0) is 12.7 Å². The van der Waals surface area contributed by atoms with Crippen molar-refractivity contribution in [2.75, 3.05) is 5.32 Å². The van der Waals surface area contributed by atoms with Gasteiger partial charge >= 0.3 is 6.18 Å². The van der Waals surface area contributed by atoms with Crippen LogP contribution in [0, 0.1) is 24.4 Å². The number of halogens is 6. The fraction of sp³-hybridized carbons (Fsp3) is 0.167. The van der Waals surface area contributed by atoms with Crippen LogP contribution in [0.5, 0.6) is 0 Å². The van der Waals surface area contributed by atoms with Crippen LogP contribution in [0.4, 0.5) is 32.0 Å². The second-order valence-electron chi connectivity index (χ2n) is 5.76. The van der Waals surface area contributed by atoms with Crippen molar-refractivity contribution in [2.45, 2.75) is 19.6 Å². The number of benzene rings is 2. The maximum absolute atomic E-state index is 14.4. The van der Waals surface area contributed by atoms with Crippen LogP contribution in [0.1, 0.15) is 17.1 Å². The van der Waals surface area contributed by atoms with Gasteiger partial charge in [0.15, 0.2) is 5.69 Å². The zero-order chi connectivity index (χ0) is 19.8. The molecule has 0 saturated heterocycles. The van der Waals surface area contributed by atoms with Crippen molar-refractivity contribution in [3.8, 4) is 5.69 Å². The smallest absolute Gasteiger partial charge is 0.381 e. The molecule has 0 aliphatic rings. The molecule has 0 unspecified atom stereocenters. The quantitative estimate of drug-likeness (QED) is 0.624. The number of imidazole rings is 1. The van der Waals surface area contributed by atoms with Gasteiger partial charge in [0.25, 0.3) is 0 Å². The average Bonchev–Trinajstić information content (AvgIpc) is 2.96. The van der Waals surface area contributed by atoms with Gasteiger partial charge < -0.3 is 9.88 Å². The number of hydrogen-bond donors (Lipinski definition) is 1. The molecule has 0 spiro atoms. The SMILES string of the molecule is Cc1nc(C(F)(F)F)cn1-c1ccc(NCc2c(F)cccc2F)cc1F. The van der Waals surface area contributed by atoms with Gasteiger partial charge in [-0.2, -0.15) is 13.2 Å². The molecule has 0 aliphatic carbocycles. The first-order valence-electron chi connectivity index (χ1n) is 7.76. The summed E-state index contributed by atoms with van der Waals surface area (Å²) in [6.07, 6.45) is -3.94. The third kappa shape index (κ3) is 3.91. The lowest BCUT2D eigenvalue weighted by atomic mass is 10.2. The van der Waals surface area contributed by atoms with E-state index in [4.69, 9.17) is 0 Å². The molecule has 0 fully saturated rings. The average molecular weight is 385 g/mol. The van der Waals surface area contributed by atoms with Crippen molar-refractivity contribution in [2.24, 2.45) is 0 Å². The highest BCUT2D eigenvalue weighted by atomic mass is 19.4. The molecule has 0 saturated carbocycles. The Morgan fingerprint density at radius 2 is 1.67 bits per heavy atom. The van der Waals surface area contributed by atoms with Crippen molar-refractivity contribution in [1.82, 2.24) is 9.55 Å². The van der Waals surface area contributed by atoms with Crippen molar-refractivity contribution in [1.29, 1.82) is 0 Å². The van der Waals surface area contributed by atoms with Crippen LogP contribution in [0.15, 0.2) is 42.6 Å². The lowest BCUT2D eigenvalue weighted by molar-refractivity contribution is -0.141. The molecule has 0 bridgehead atoms. The largest absolute Gasteiger partial charge is 0.434 e. The minimum atomic E-state index is -4.64. The topological polar surface area (TPSA) is 29.9 Å². The minimum absolute atomic E-state index is 0.0321. The van der Waals surface area contributed by atoms with E-state index in [1.165, 1.54) is 25.1 Å². The Morgan fingerprint density at radius 3 is 2.22 bits per heavy atom. The Morgan fingerprint density at radius 1 is 1.00 bits per heavy atom. The van der Waals surface area contributed by atoms with E-state index in [0.29, 0.717) is 6.20 Å². The number of aromatic nitrogens is 2. The zero-order valence-corrected chi connectivity index (χ0v) is 13.9. The van der Waals surface area contributed by atoms with Gasteiger partial charge in [-0.3, -0.25) is 0 Å². The van der Waals surface area contributed by atoms with E-state index in [0.717, 1.165) is 22.8 Å². The zero-order valence-electron chi connectivity index (χ0n) is 13.9. The number of alkyl halides is 3. The van der Waals surface area contributed by atoms with Crippen LogP contribution in [0.25, 0.3) is 5.69 Å². The summed E-state index contributed by atoms with van der Waals surface area (Å²) >= 11 is 0. The van der Waals surface area contributed by atoms with Crippen molar-refractivity contribution in [3.05, 3.63) is 77.1 Å². The fourth-order valence-corrected chi connectivity index (χ4v) is 2.56. The molecule has 3 nitrogen and oxygen atoms in total. The van der Waals surface area contributed by atoms with E-state index in [-0.39, 0.29) is 29.3 Å². The number of anilines is 1. The van der Waals surface area contributed by atoms with Gasteiger partial charge in [-0.15, -0.1) is 0 Å². The minimum Gasteiger partial charge on any atom is -0.381 e. The molecule has 1 heterocycles. The third-order valence-corrected chi connectivity index (χ3v) is 3.91. The summed E-state index contributed by atoms with van der Waals surface area (Å²) in [6, 6.07) is 7.10. The summed E-state index contributed by atoms with van der Waals surface area (Å²) in [7, 11) is 0. The highest BCUT2D eigenvalue weighted by Gasteiger charge is 2.34. The number of nitrogens with one attached hydrogen (secondary N) is 1. The Kier molecular flexibility index (Phi) is 4.86. The van der Waals surface area contributed by atoms with E-state index in [1.807, 2.05) is 0 Å². The maximum Gasteiger partial charge on any atom is 0.434 e. The summed E-state index contributed by atoms with van der Waals surface area (Å²) in [5.74, 6) is -2.33. The Bertz CT molecular complexity index is 957. The molecule has 0 amide bonds. The van der Waals surface area contributed by atoms with E-state index in [2.05, 4.69) is 10.3 Å². The molecule has 0 radical (unpaired) electrons. The second kappa shape index (κ2) is 6.98. The molecule has 1 aromatic heterocycles. The summed E-state index contributed by atoms with van der Waals surface area (Å²) < 4.78 is 80.8. The van der Waals surface area contributed by atoms with Crippen LogP contribution < -0.4 is 5.32 Å². The fourth-order valence-electron chi connectivity index (χ4n) is 2.56. The molecule has 142 valence electrons. The predicted octanol–water partition coefficient (Wildman–Crippen LogP) is 5.23. The predicted molar refractivity (Wildman–Crippen MR) is 86.9 cm³/mol. The van der Waals surface area contributed by atoms with Crippen molar-refractivity contribution < 1.29 is 26.3 Å². The molecule has 0 aliphatic heterocycles. The first-order valence-corrected chi connectivity index (χ1v) is 7.76. The molecular formula is C18H13F6N3. The Labute approximate surface area is 150 Å². The first kappa shape index (κ1) is 18.8. The molecule has 0 atom stereocenters. The summed E-state index contributed by atoms with van der Waals surface area (Å²) in [5, 5.41) is 2.68. The summed E-state index contributed by atoms with van der Waals surface area (Å²) in [4.78, 5) is 3.39. The normalized spacial score (nSPS) is 11.7. The molecule has 2 aromatic carbocycles. The van der Waals surface area contributed by atoms with Crippen LogP contribution >= 0.6 is 0 Å². The van der Waals surface area contributed by atoms with E-state index in [1.54, 1.807) is 0 Å². The van der Waals surface area contributed by atoms with Crippen LogP contribution in [-0.4, -0.2) is 9.55 Å². The van der Waals surface area contributed by atoms with Gasteiger partial charge in [-0.25, -0.2) is 18.2 Å². The number of hydrogen-bond acceptors (Lipinski definition) is 2.